The molecule has 2 heterocycles. The molecule has 4 heteroatoms. The summed E-state index contributed by atoms with van der Waals surface area (Å²) in [7, 11) is 0. The van der Waals surface area contributed by atoms with Crippen molar-refractivity contribution in [3.63, 3.8) is 0 Å². The van der Waals surface area contributed by atoms with Crippen LogP contribution in [0.3, 0.4) is 0 Å². The van der Waals surface area contributed by atoms with Gasteiger partial charge in [-0.1, -0.05) is 19.9 Å². The highest BCUT2D eigenvalue weighted by Crippen LogP contribution is 2.32. The molecule has 1 aliphatic heterocycles. The van der Waals surface area contributed by atoms with Crippen LogP contribution >= 0.6 is 0 Å². The van der Waals surface area contributed by atoms with Crippen LogP contribution in [0.5, 0.6) is 0 Å². The SMILES string of the molecule is C=CCn1c(C#N)cc(N)c1N1C[C@@H](C)C[C@H](C)C1. The molecule has 0 aliphatic carbocycles. The van der Waals surface area contributed by atoms with Crippen molar-refractivity contribution in [2.45, 2.75) is 26.8 Å². The average Bonchev–Trinajstić information content (AvgIpc) is 2.65. The maximum atomic E-state index is 9.21. The third-order valence-electron chi connectivity index (χ3n) is 3.69. The molecule has 2 atom stereocenters. The second kappa shape index (κ2) is 5.40. The van der Waals surface area contributed by atoms with E-state index in [2.05, 4.69) is 31.4 Å². The molecule has 0 radical (unpaired) electrons. The Labute approximate surface area is 115 Å². The van der Waals surface area contributed by atoms with Gasteiger partial charge >= 0.3 is 0 Å². The molecule has 2 N–H and O–H groups in total. The van der Waals surface area contributed by atoms with Crippen molar-refractivity contribution in [1.82, 2.24) is 4.57 Å². The molecule has 4 nitrogen and oxygen atoms in total. The van der Waals surface area contributed by atoms with Gasteiger partial charge in [-0.2, -0.15) is 5.26 Å². The van der Waals surface area contributed by atoms with Gasteiger partial charge in [0.1, 0.15) is 17.6 Å². The van der Waals surface area contributed by atoms with Crippen LogP contribution < -0.4 is 10.6 Å². The van der Waals surface area contributed by atoms with Crippen molar-refractivity contribution in [3.8, 4) is 6.07 Å². The molecule has 0 amide bonds. The summed E-state index contributed by atoms with van der Waals surface area (Å²) in [6, 6.07) is 3.98. The Morgan fingerprint density at radius 2 is 2.11 bits per heavy atom. The molecule has 1 aromatic heterocycles. The maximum Gasteiger partial charge on any atom is 0.133 e. The number of nitrogen functional groups attached to an aromatic ring is 1. The smallest absolute Gasteiger partial charge is 0.133 e. The van der Waals surface area contributed by atoms with Gasteiger partial charge in [-0.3, -0.25) is 0 Å². The van der Waals surface area contributed by atoms with Crippen LogP contribution in [0.4, 0.5) is 11.5 Å². The molecule has 0 aromatic carbocycles. The van der Waals surface area contributed by atoms with Crippen molar-refractivity contribution in [1.29, 1.82) is 5.26 Å². The van der Waals surface area contributed by atoms with Crippen LogP contribution in [0.2, 0.25) is 0 Å². The van der Waals surface area contributed by atoms with Gasteiger partial charge in [0.05, 0.1) is 5.69 Å². The highest BCUT2D eigenvalue weighted by molar-refractivity contribution is 5.68. The summed E-state index contributed by atoms with van der Waals surface area (Å²) < 4.78 is 1.97. The highest BCUT2D eigenvalue weighted by Gasteiger charge is 2.26. The van der Waals surface area contributed by atoms with Crippen LogP contribution in [0.15, 0.2) is 18.7 Å². The predicted octanol–water partition coefficient (Wildman–Crippen LogP) is 2.61. The zero-order valence-corrected chi connectivity index (χ0v) is 11.8. The number of allylic oxidation sites excluding steroid dienone is 1. The lowest BCUT2D eigenvalue weighted by Crippen LogP contribution is -2.40. The first-order valence-corrected chi connectivity index (χ1v) is 6.81. The lowest BCUT2D eigenvalue weighted by atomic mass is 9.92. The van der Waals surface area contributed by atoms with Crippen LogP contribution in [0.1, 0.15) is 26.0 Å². The molecule has 0 spiro atoms. The zero-order chi connectivity index (χ0) is 14.0. The van der Waals surface area contributed by atoms with E-state index in [1.165, 1.54) is 6.42 Å². The summed E-state index contributed by atoms with van der Waals surface area (Å²) >= 11 is 0. The largest absolute Gasteiger partial charge is 0.396 e. The predicted molar refractivity (Wildman–Crippen MR) is 78.9 cm³/mol. The molecule has 1 aliphatic rings. The van der Waals surface area contributed by atoms with E-state index in [0.717, 1.165) is 18.9 Å². The van der Waals surface area contributed by atoms with E-state index in [9.17, 15) is 5.26 Å². The minimum atomic E-state index is 0.610. The van der Waals surface area contributed by atoms with Crippen molar-refractivity contribution in [2.75, 3.05) is 23.7 Å². The summed E-state index contributed by atoms with van der Waals surface area (Å²) in [4.78, 5) is 2.32. The van der Waals surface area contributed by atoms with Crippen molar-refractivity contribution >= 4 is 11.5 Å². The number of rotatable bonds is 3. The molecule has 19 heavy (non-hydrogen) atoms. The number of hydrogen-bond donors (Lipinski definition) is 1. The Balaban J connectivity index is 2.40. The van der Waals surface area contributed by atoms with Crippen LogP contribution in [-0.2, 0) is 6.54 Å². The molecule has 0 saturated carbocycles. The van der Waals surface area contributed by atoms with Crippen molar-refractivity contribution < 1.29 is 0 Å². The van der Waals surface area contributed by atoms with Gasteiger partial charge in [0, 0.05) is 19.6 Å². The topological polar surface area (TPSA) is 58.0 Å². The summed E-state index contributed by atoms with van der Waals surface area (Å²) in [6.07, 6.45) is 3.06. The van der Waals surface area contributed by atoms with E-state index < -0.39 is 0 Å². The lowest BCUT2D eigenvalue weighted by Gasteiger charge is -2.37. The number of piperidine rings is 1. The van der Waals surface area contributed by atoms with Crippen molar-refractivity contribution in [3.05, 3.63) is 24.4 Å². The number of nitrogens with zero attached hydrogens (tertiary/aromatic N) is 3. The normalized spacial score (nSPS) is 23.1. The molecule has 0 unspecified atom stereocenters. The molecule has 102 valence electrons. The number of hydrogen-bond acceptors (Lipinski definition) is 3. The quantitative estimate of drug-likeness (QED) is 0.848. The molecule has 1 aromatic rings. The van der Waals surface area contributed by atoms with Gasteiger partial charge in [-0.15, -0.1) is 6.58 Å². The third-order valence-corrected chi connectivity index (χ3v) is 3.69. The Morgan fingerprint density at radius 1 is 1.47 bits per heavy atom. The van der Waals surface area contributed by atoms with E-state index >= 15 is 0 Å². The second-order valence-electron chi connectivity index (χ2n) is 5.67. The van der Waals surface area contributed by atoms with Gasteiger partial charge in [0.2, 0.25) is 0 Å². The first kappa shape index (κ1) is 13.5. The summed E-state index contributed by atoms with van der Waals surface area (Å²) in [5.41, 5.74) is 7.43. The Kier molecular flexibility index (Phi) is 3.84. The van der Waals surface area contributed by atoms with Gasteiger partial charge in [0.15, 0.2) is 0 Å². The van der Waals surface area contributed by atoms with Crippen LogP contribution in [0.25, 0.3) is 0 Å². The first-order valence-electron chi connectivity index (χ1n) is 6.81. The van der Waals surface area contributed by atoms with Crippen LogP contribution in [-0.4, -0.2) is 17.7 Å². The molecule has 1 fully saturated rings. The van der Waals surface area contributed by atoms with Crippen LogP contribution in [0, 0.1) is 23.2 Å². The van der Waals surface area contributed by atoms with Gasteiger partial charge in [0.25, 0.3) is 0 Å². The van der Waals surface area contributed by atoms with Gasteiger partial charge in [-0.05, 0) is 24.3 Å². The lowest BCUT2D eigenvalue weighted by molar-refractivity contribution is 0.353. The van der Waals surface area contributed by atoms with E-state index in [0.29, 0.717) is 29.8 Å². The van der Waals surface area contributed by atoms with E-state index in [1.54, 1.807) is 12.1 Å². The fourth-order valence-corrected chi connectivity index (χ4v) is 3.16. The van der Waals surface area contributed by atoms with Gasteiger partial charge in [-0.25, -0.2) is 0 Å². The minimum absolute atomic E-state index is 0.610. The molecular weight excluding hydrogens is 236 g/mol. The third kappa shape index (κ3) is 2.60. The first-order chi connectivity index (χ1) is 9.06. The monoisotopic (exact) mass is 258 g/mol. The second-order valence-corrected chi connectivity index (χ2v) is 5.67. The fraction of sp³-hybridized carbons (Fsp3) is 0.533. The van der Waals surface area contributed by atoms with E-state index in [1.807, 2.05) is 4.57 Å². The summed E-state index contributed by atoms with van der Waals surface area (Å²) in [5, 5.41) is 9.21. The number of nitrogens with two attached hydrogens (primary N) is 1. The number of aromatic nitrogens is 1. The molecule has 0 bridgehead atoms. The average molecular weight is 258 g/mol. The van der Waals surface area contributed by atoms with Gasteiger partial charge < -0.3 is 15.2 Å². The summed E-state index contributed by atoms with van der Waals surface area (Å²) in [5.74, 6) is 2.29. The minimum Gasteiger partial charge on any atom is -0.396 e. The maximum absolute atomic E-state index is 9.21. The molecule has 1 saturated heterocycles. The number of anilines is 2. The summed E-state index contributed by atoms with van der Waals surface area (Å²) in [6.45, 7) is 10.9. The standard InChI is InChI=1S/C15H22N4/c1-4-5-19-13(8-16)7-14(17)15(19)18-9-11(2)6-12(3)10-18/h4,7,11-12H,1,5-6,9-10,17H2,2-3H3/t11-,12-/m0/s1. The Bertz CT molecular complexity index is 499. The Hall–Kier alpha value is -1.89. The van der Waals surface area contributed by atoms with E-state index in [-0.39, 0.29) is 0 Å². The van der Waals surface area contributed by atoms with E-state index in [4.69, 9.17) is 5.73 Å². The number of nitriles is 1. The Morgan fingerprint density at radius 3 is 2.63 bits per heavy atom. The molecule has 2 rings (SSSR count). The fourth-order valence-electron chi connectivity index (χ4n) is 3.16. The molecular formula is C15H22N4. The zero-order valence-electron chi connectivity index (χ0n) is 11.8. The highest BCUT2D eigenvalue weighted by atomic mass is 15.3. The van der Waals surface area contributed by atoms with Crippen molar-refractivity contribution in [2.24, 2.45) is 11.8 Å².